The molecule has 2 aromatic heterocycles. The van der Waals surface area contributed by atoms with Crippen LogP contribution in [0.2, 0.25) is 0 Å². The van der Waals surface area contributed by atoms with Crippen LogP contribution in [0.25, 0.3) is 0 Å². The summed E-state index contributed by atoms with van der Waals surface area (Å²) in [5.74, 6) is 2.52. The van der Waals surface area contributed by atoms with Crippen LogP contribution >= 0.6 is 0 Å². The number of hydrogen-bond acceptors (Lipinski definition) is 5. The molecule has 0 radical (unpaired) electrons. The number of rotatable bonds is 7. The van der Waals surface area contributed by atoms with Crippen molar-refractivity contribution in [1.82, 2.24) is 9.97 Å². The first-order chi connectivity index (χ1) is 9.69. The van der Waals surface area contributed by atoms with Crippen LogP contribution in [0.15, 0.2) is 29.0 Å². The Balaban J connectivity index is 2.00. The maximum absolute atomic E-state index is 5.36. The number of aromatic nitrogens is 2. The van der Waals surface area contributed by atoms with Gasteiger partial charge in [0, 0.05) is 30.8 Å². The first-order valence-corrected chi connectivity index (χ1v) is 7.05. The van der Waals surface area contributed by atoms with Crippen molar-refractivity contribution in [2.45, 2.75) is 39.7 Å². The van der Waals surface area contributed by atoms with E-state index in [0.717, 1.165) is 36.5 Å². The molecule has 2 heterocycles. The van der Waals surface area contributed by atoms with E-state index in [9.17, 15) is 0 Å². The van der Waals surface area contributed by atoms with Gasteiger partial charge in [0.2, 0.25) is 5.95 Å². The molecular weight excluding hydrogens is 252 g/mol. The van der Waals surface area contributed by atoms with Crippen molar-refractivity contribution in [3.05, 3.63) is 35.9 Å². The zero-order chi connectivity index (χ0) is 14.4. The fourth-order valence-electron chi connectivity index (χ4n) is 1.93. The summed E-state index contributed by atoms with van der Waals surface area (Å²) in [5.41, 5.74) is 1.04. The Morgan fingerprint density at radius 1 is 1.40 bits per heavy atom. The molecule has 0 aliphatic rings. The molecule has 1 unspecified atom stereocenters. The van der Waals surface area contributed by atoms with Gasteiger partial charge >= 0.3 is 0 Å². The molecule has 0 saturated heterocycles. The van der Waals surface area contributed by atoms with E-state index in [4.69, 9.17) is 4.42 Å². The van der Waals surface area contributed by atoms with Crippen molar-refractivity contribution in [2.75, 3.05) is 17.2 Å². The first-order valence-electron chi connectivity index (χ1n) is 7.05. The highest BCUT2D eigenvalue weighted by molar-refractivity contribution is 5.47. The number of aryl methyl sites for hydroxylation is 1. The molecule has 20 heavy (non-hydrogen) atoms. The molecule has 5 heteroatoms. The lowest BCUT2D eigenvalue weighted by molar-refractivity contribution is 0.497. The fourth-order valence-corrected chi connectivity index (χ4v) is 1.93. The van der Waals surface area contributed by atoms with Crippen molar-refractivity contribution in [1.29, 1.82) is 0 Å². The average Bonchev–Trinajstić information content (AvgIpc) is 2.92. The van der Waals surface area contributed by atoms with Crippen molar-refractivity contribution in [3.63, 3.8) is 0 Å². The van der Waals surface area contributed by atoms with Crippen LogP contribution in [0.3, 0.4) is 0 Å². The van der Waals surface area contributed by atoms with Gasteiger partial charge in [0.25, 0.3) is 0 Å². The molecule has 0 amide bonds. The summed E-state index contributed by atoms with van der Waals surface area (Å²) in [6, 6.07) is 4.14. The van der Waals surface area contributed by atoms with E-state index in [0.29, 0.717) is 5.95 Å². The lowest BCUT2D eigenvalue weighted by Gasteiger charge is -2.15. The van der Waals surface area contributed by atoms with Crippen LogP contribution in [0, 0.1) is 6.92 Å². The van der Waals surface area contributed by atoms with E-state index >= 15 is 0 Å². The first kappa shape index (κ1) is 14.4. The largest absolute Gasteiger partial charge is 0.469 e. The summed E-state index contributed by atoms with van der Waals surface area (Å²) in [5, 5.41) is 6.61. The minimum atomic E-state index is 0.244. The van der Waals surface area contributed by atoms with Gasteiger partial charge in [-0.2, -0.15) is 4.98 Å². The minimum absolute atomic E-state index is 0.244. The third-order valence-electron chi connectivity index (χ3n) is 2.98. The Labute approximate surface area is 119 Å². The van der Waals surface area contributed by atoms with Crippen molar-refractivity contribution < 1.29 is 4.42 Å². The van der Waals surface area contributed by atoms with Gasteiger partial charge in [-0.25, -0.2) is 4.98 Å². The van der Waals surface area contributed by atoms with E-state index in [2.05, 4.69) is 34.4 Å². The number of nitrogens with one attached hydrogen (secondary N) is 2. The summed E-state index contributed by atoms with van der Waals surface area (Å²) < 4.78 is 5.36. The fraction of sp³-hybridized carbons (Fsp3) is 0.467. The number of furan rings is 1. The summed E-state index contributed by atoms with van der Waals surface area (Å²) in [7, 11) is 0. The highest BCUT2D eigenvalue weighted by Crippen LogP contribution is 2.15. The van der Waals surface area contributed by atoms with Gasteiger partial charge < -0.3 is 15.1 Å². The van der Waals surface area contributed by atoms with Gasteiger partial charge in [-0.1, -0.05) is 6.92 Å². The Morgan fingerprint density at radius 2 is 2.25 bits per heavy atom. The van der Waals surface area contributed by atoms with E-state index in [-0.39, 0.29) is 6.04 Å². The lowest BCUT2D eigenvalue weighted by atomic mass is 10.2. The topological polar surface area (TPSA) is 63.0 Å². The second-order valence-electron chi connectivity index (χ2n) is 4.98. The van der Waals surface area contributed by atoms with Gasteiger partial charge in [0.1, 0.15) is 11.6 Å². The average molecular weight is 274 g/mol. The molecule has 0 spiro atoms. The molecule has 5 nitrogen and oxygen atoms in total. The number of hydrogen-bond donors (Lipinski definition) is 2. The maximum Gasteiger partial charge on any atom is 0.224 e. The third kappa shape index (κ3) is 3.98. The SMILES string of the molecule is CCCNc1ncc(C)c(NC(C)Cc2ccco2)n1. The molecule has 2 rings (SSSR count). The molecule has 108 valence electrons. The Bertz CT molecular complexity index is 525. The molecule has 0 bridgehead atoms. The Kier molecular flexibility index (Phi) is 4.98. The van der Waals surface area contributed by atoms with Crippen molar-refractivity contribution >= 4 is 11.8 Å². The zero-order valence-electron chi connectivity index (χ0n) is 12.3. The Hall–Kier alpha value is -2.04. The molecule has 0 aliphatic carbocycles. The van der Waals surface area contributed by atoms with Crippen molar-refractivity contribution in [2.24, 2.45) is 0 Å². The van der Waals surface area contributed by atoms with Crippen LogP contribution in [-0.2, 0) is 6.42 Å². The molecule has 1 atom stereocenters. The van der Waals surface area contributed by atoms with Gasteiger partial charge in [-0.3, -0.25) is 0 Å². The second-order valence-corrected chi connectivity index (χ2v) is 4.98. The van der Waals surface area contributed by atoms with Gasteiger partial charge in [0.15, 0.2) is 0 Å². The molecule has 0 fully saturated rings. The van der Waals surface area contributed by atoms with Crippen LogP contribution in [-0.4, -0.2) is 22.6 Å². The maximum atomic E-state index is 5.36. The van der Waals surface area contributed by atoms with Crippen LogP contribution in [0.1, 0.15) is 31.6 Å². The van der Waals surface area contributed by atoms with E-state index in [1.165, 1.54) is 0 Å². The molecule has 0 aliphatic heterocycles. The van der Waals surface area contributed by atoms with Gasteiger partial charge in [0.05, 0.1) is 6.26 Å². The van der Waals surface area contributed by atoms with E-state index in [1.807, 2.05) is 25.3 Å². The smallest absolute Gasteiger partial charge is 0.224 e. The lowest BCUT2D eigenvalue weighted by Crippen LogP contribution is -2.20. The standard InChI is InChI=1S/C15H22N4O/c1-4-7-16-15-17-10-11(2)14(19-15)18-12(3)9-13-6-5-8-20-13/h5-6,8,10,12H,4,7,9H2,1-3H3,(H2,16,17,18,19). The highest BCUT2D eigenvalue weighted by atomic mass is 16.3. The third-order valence-corrected chi connectivity index (χ3v) is 2.98. The highest BCUT2D eigenvalue weighted by Gasteiger charge is 2.09. The van der Waals surface area contributed by atoms with Gasteiger partial charge in [-0.05, 0) is 32.4 Å². The molecular formula is C15H22N4O. The molecule has 0 saturated carbocycles. The van der Waals surface area contributed by atoms with E-state index < -0.39 is 0 Å². The van der Waals surface area contributed by atoms with Crippen LogP contribution in [0.5, 0.6) is 0 Å². The van der Waals surface area contributed by atoms with Crippen LogP contribution < -0.4 is 10.6 Å². The van der Waals surface area contributed by atoms with Crippen molar-refractivity contribution in [3.8, 4) is 0 Å². The molecule has 2 N–H and O–H groups in total. The monoisotopic (exact) mass is 274 g/mol. The Morgan fingerprint density at radius 3 is 2.95 bits per heavy atom. The normalized spacial score (nSPS) is 12.2. The van der Waals surface area contributed by atoms with E-state index in [1.54, 1.807) is 6.26 Å². The molecule has 0 aromatic carbocycles. The second kappa shape index (κ2) is 6.93. The summed E-state index contributed by atoms with van der Waals surface area (Å²) >= 11 is 0. The summed E-state index contributed by atoms with van der Waals surface area (Å²) in [6.07, 6.45) is 5.42. The summed E-state index contributed by atoms with van der Waals surface area (Å²) in [6.45, 7) is 7.12. The quantitative estimate of drug-likeness (QED) is 0.811. The predicted octanol–water partition coefficient (Wildman–Crippen LogP) is 3.24. The molecule has 2 aromatic rings. The zero-order valence-corrected chi connectivity index (χ0v) is 12.3. The number of anilines is 2. The summed E-state index contributed by atoms with van der Waals surface area (Å²) in [4.78, 5) is 8.79. The minimum Gasteiger partial charge on any atom is -0.469 e. The predicted molar refractivity (Wildman–Crippen MR) is 81.0 cm³/mol. The number of nitrogens with zero attached hydrogens (tertiary/aromatic N) is 2. The van der Waals surface area contributed by atoms with Gasteiger partial charge in [-0.15, -0.1) is 0 Å². The van der Waals surface area contributed by atoms with Crippen LogP contribution in [0.4, 0.5) is 11.8 Å².